The highest BCUT2D eigenvalue weighted by atomic mass is 32.2. The molecule has 0 bridgehead atoms. The topological polar surface area (TPSA) is 113 Å². The number of alkyl halides is 3. The molecule has 3 N–H and O–H groups in total. The fourth-order valence-corrected chi connectivity index (χ4v) is 3.77. The van der Waals surface area contributed by atoms with Gasteiger partial charge in [-0.15, -0.1) is 0 Å². The number of pyridine rings is 2. The van der Waals surface area contributed by atoms with E-state index >= 15 is 0 Å². The van der Waals surface area contributed by atoms with Crippen molar-refractivity contribution in [2.45, 2.75) is 32.1 Å². The van der Waals surface area contributed by atoms with Crippen molar-refractivity contribution >= 4 is 27.4 Å². The number of carbonyl (C=O) groups excluding carboxylic acids is 1. The van der Waals surface area contributed by atoms with E-state index in [0.29, 0.717) is 5.56 Å². The number of nitrogens with one attached hydrogen (secondary N) is 3. The van der Waals surface area contributed by atoms with Crippen LogP contribution in [0.3, 0.4) is 0 Å². The van der Waals surface area contributed by atoms with E-state index in [1.165, 1.54) is 25.1 Å². The van der Waals surface area contributed by atoms with Crippen LogP contribution in [0.4, 0.5) is 29.1 Å². The number of carbonyl (C=O) groups is 1. The Morgan fingerprint density at radius 2 is 1.86 bits per heavy atom. The van der Waals surface area contributed by atoms with Gasteiger partial charge in [-0.25, -0.2) is 17.8 Å². The summed E-state index contributed by atoms with van der Waals surface area (Å²) < 4.78 is 78.5. The lowest BCUT2D eigenvalue weighted by Crippen LogP contribution is -2.28. The van der Waals surface area contributed by atoms with Crippen LogP contribution in [0.5, 0.6) is 0 Å². The minimum absolute atomic E-state index is 0.0520. The molecule has 0 aliphatic carbocycles. The molecule has 36 heavy (non-hydrogen) atoms. The molecule has 2 aromatic heterocycles. The van der Waals surface area contributed by atoms with Crippen LogP contribution >= 0.6 is 0 Å². The molecular formula is C23H23F4N5O3S. The fraction of sp³-hybridized carbons (Fsp3) is 0.261. The summed E-state index contributed by atoms with van der Waals surface area (Å²) >= 11 is 0. The minimum atomic E-state index is -4.65. The van der Waals surface area contributed by atoms with Crippen LogP contribution in [-0.4, -0.2) is 30.5 Å². The van der Waals surface area contributed by atoms with E-state index in [1.807, 2.05) is 4.72 Å². The molecule has 1 atom stereocenters. The number of aromatic nitrogens is 2. The summed E-state index contributed by atoms with van der Waals surface area (Å²) in [6.07, 6.45) is -0.648. The number of halogens is 4. The Balaban J connectivity index is 1.73. The van der Waals surface area contributed by atoms with Gasteiger partial charge < -0.3 is 10.6 Å². The second kappa shape index (κ2) is 10.9. The number of hydrogen-bond donors (Lipinski definition) is 3. The highest BCUT2D eigenvalue weighted by molar-refractivity contribution is 7.92. The maximum atomic E-state index is 14.3. The van der Waals surface area contributed by atoms with Gasteiger partial charge in [0, 0.05) is 31.0 Å². The zero-order valence-corrected chi connectivity index (χ0v) is 20.0. The number of amides is 1. The second-order valence-corrected chi connectivity index (χ2v) is 9.72. The molecule has 0 aliphatic rings. The van der Waals surface area contributed by atoms with Gasteiger partial charge in [0.15, 0.2) is 0 Å². The number of hydrogen-bond acceptors (Lipinski definition) is 6. The molecule has 2 heterocycles. The third-order valence-corrected chi connectivity index (χ3v) is 5.68. The number of sulfonamides is 1. The van der Waals surface area contributed by atoms with Crippen molar-refractivity contribution in [3.8, 4) is 0 Å². The van der Waals surface area contributed by atoms with E-state index in [2.05, 4.69) is 20.6 Å². The summed E-state index contributed by atoms with van der Waals surface area (Å²) in [5.74, 6) is -2.26. The molecule has 192 valence electrons. The van der Waals surface area contributed by atoms with Gasteiger partial charge in [0.05, 0.1) is 17.9 Å². The molecule has 13 heteroatoms. The molecule has 3 rings (SSSR count). The van der Waals surface area contributed by atoms with Crippen molar-refractivity contribution in [3.05, 3.63) is 83.1 Å². The Labute approximate surface area is 205 Å². The molecule has 1 aromatic carbocycles. The van der Waals surface area contributed by atoms with Gasteiger partial charge in [-0.3, -0.25) is 14.5 Å². The van der Waals surface area contributed by atoms with Crippen molar-refractivity contribution in [3.63, 3.8) is 0 Å². The van der Waals surface area contributed by atoms with Crippen molar-refractivity contribution < 1.29 is 30.8 Å². The Bertz CT molecular complexity index is 1340. The van der Waals surface area contributed by atoms with Crippen molar-refractivity contribution in [1.82, 2.24) is 15.3 Å². The van der Waals surface area contributed by atoms with E-state index in [4.69, 9.17) is 0 Å². The fourth-order valence-electron chi connectivity index (χ4n) is 3.20. The molecule has 1 unspecified atom stereocenters. The van der Waals surface area contributed by atoms with Crippen molar-refractivity contribution in [2.75, 3.05) is 16.3 Å². The molecule has 0 aliphatic heterocycles. The van der Waals surface area contributed by atoms with Gasteiger partial charge >= 0.3 is 6.18 Å². The first-order valence-electron chi connectivity index (χ1n) is 10.6. The third-order valence-electron chi connectivity index (χ3n) is 5.09. The normalized spacial score (nSPS) is 12.6. The number of benzene rings is 1. The first-order valence-corrected chi connectivity index (χ1v) is 12.5. The van der Waals surface area contributed by atoms with Crippen molar-refractivity contribution in [2.24, 2.45) is 0 Å². The Hall–Kier alpha value is -3.74. The van der Waals surface area contributed by atoms with Gasteiger partial charge in [-0.05, 0) is 42.3 Å². The average molecular weight is 526 g/mol. The molecular weight excluding hydrogens is 502 g/mol. The number of rotatable bonds is 9. The maximum Gasteiger partial charge on any atom is 0.433 e. The first-order chi connectivity index (χ1) is 16.8. The van der Waals surface area contributed by atoms with Crippen LogP contribution in [0.25, 0.3) is 0 Å². The zero-order chi connectivity index (χ0) is 26.5. The molecule has 0 fully saturated rings. The van der Waals surface area contributed by atoms with Gasteiger partial charge in [0.25, 0.3) is 0 Å². The second-order valence-electron chi connectivity index (χ2n) is 7.97. The Morgan fingerprint density at radius 3 is 2.47 bits per heavy atom. The summed E-state index contributed by atoms with van der Waals surface area (Å²) in [6.45, 7) is 1.53. The van der Waals surface area contributed by atoms with E-state index in [-0.39, 0.29) is 30.2 Å². The highest BCUT2D eigenvalue weighted by Gasteiger charge is 2.33. The molecule has 0 saturated heterocycles. The molecule has 0 radical (unpaired) electrons. The largest absolute Gasteiger partial charge is 0.433 e. The van der Waals surface area contributed by atoms with E-state index < -0.39 is 39.5 Å². The van der Waals surface area contributed by atoms with Crippen LogP contribution in [0.1, 0.15) is 35.2 Å². The summed E-state index contributed by atoms with van der Waals surface area (Å²) in [5.41, 5.74) is -0.0288. The summed E-state index contributed by atoms with van der Waals surface area (Å²) in [7, 11) is -3.68. The highest BCUT2D eigenvalue weighted by Crippen LogP contribution is 2.30. The van der Waals surface area contributed by atoms with Gasteiger partial charge in [-0.1, -0.05) is 18.2 Å². The van der Waals surface area contributed by atoms with Crippen LogP contribution < -0.4 is 15.4 Å². The van der Waals surface area contributed by atoms with Gasteiger partial charge in [0.1, 0.15) is 17.3 Å². The van der Waals surface area contributed by atoms with Gasteiger partial charge in [-0.2, -0.15) is 13.2 Å². The quantitative estimate of drug-likeness (QED) is 0.364. The smallest absolute Gasteiger partial charge is 0.366 e. The van der Waals surface area contributed by atoms with Crippen LogP contribution in [0.15, 0.2) is 54.9 Å². The van der Waals surface area contributed by atoms with Crippen molar-refractivity contribution in [1.29, 1.82) is 0 Å². The predicted octanol–water partition coefficient (Wildman–Crippen LogP) is 4.04. The number of anilines is 2. The summed E-state index contributed by atoms with van der Waals surface area (Å²) in [5, 5.41) is 5.47. The van der Waals surface area contributed by atoms with E-state index in [0.717, 1.165) is 24.0 Å². The predicted molar refractivity (Wildman–Crippen MR) is 126 cm³/mol. The molecule has 8 nitrogen and oxygen atoms in total. The Morgan fingerprint density at radius 1 is 1.11 bits per heavy atom. The van der Waals surface area contributed by atoms with Gasteiger partial charge in [0.2, 0.25) is 15.9 Å². The molecule has 0 spiro atoms. The first kappa shape index (κ1) is 26.9. The van der Waals surface area contributed by atoms with Crippen LogP contribution in [-0.2, 0) is 34.1 Å². The maximum absolute atomic E-state index is 14.3. The molecule has 0 saturated carbocycles. The zero-order valence-electron chi connectivity index (χ0n) is 19.2. The third kappa shape index (κ3) is 7.38. The number of nitrogens with zero attached hydrogens (tertiary/aromatic N) is 2. The lowest BCUT2D eigenvalue weighted by molar-refractivity contribution is -0.141. The van der Waals surface area contributed by atoms with Crippen LogP contribution in [0, 0.1) is 5.82 Å². The standard InChI is InChI=1S/C23H23F4N5O3S/c1-14(16-5-7-19(18(24)10-16)32-36(2,34)35)22(33)30-13-17-6-8-20(23(25,26)27)31-21(17)29-12-15-4-3-9-28-11-15/h3-11,14,32H,12-13H2,1-2H3,(H,29,31)(H,30,33). The summed E-state index contributed by atoms with van der Waals surface area (Å²) in [6, 6.07) is 9.12. The molecule has 3 aromatic rings. The summed E-state index contributed by atoms with van der Waals surface area (Å²) in [4.78, 5) is 20.3. The average Bonchev–Trinajstić information content (AvgIpc) is 2.81. The lowest BCUT2D eigenvalue weighted by Gasteiger charge is -2.17. The van der Waals surface area contributed by atoms with E-state index in [1.54, 1.807) is 24.5 Å². The SMILES string of the molecule is CC(C(=O)NCc1ccc(C(F)(F)F)nc1NCc1cccnc1)c1ccc(NS(C)(=O)=O)c(F)c1. The lowest BCUT2D eigenvalue weighted by atomic mass is 9.99. The van der Waals surface area contributed by atoms with E-state index in [9.17, 15) is 30.8 Å². The van der Waals surface area contributed by atoms with Crippen LogP contribution in [0.2, 0.25) is 0 Å². The monoisotopic (exact) mass is 525 g/mol. The Kier molecular flexibility index (Phi) is 8.13. The molecule has 1 amide bonds. The minimum Gasteiger partial charge on any atom is -0.366 e.